The number of hydrogen-bond donors (Lipinski definition) is 2. The first-order valence-corrected chi connectivity index (χ1v) is 8.30. The fraction of sp³-hybridized carbons (Fsp3) is 0.176. The van der Waals surface area contributed by atoms with Gasteiger partial charge in [0.1, 0.15) is 0 Å². The van der Waals surface area contributed by atoms with Crippen LogP contribution in [0.3, 0.4) is 0 Å². The Balaban J connectivity index is 1.71. The van der Waals surface area contributed by atoms with E-state index in [-0.39, 0.29) is 18.5 Å². The molecular formula is C17H14N2O4S. The van der Waals surface area contributed by atoms with E-state index in [9.17, 15) is 9.90 Å². The summed E-state index contributed by atoms with van der Waals surface area (Å²) >= 11 is 1.40. The molecule has 0 saturated carbocycles. The molecule has 0 bridgehead atoms. The highest BCUT2D eigenvalue weighted by Crippen LogP contribution is 2.48. The first kappa shape index (κ1) is 14.9. The van der Waals surface area contributed by atoms with Crippen molar-refractivity contribution in [2.24, 2.45) is 4.99 Å². The standard InChI is InChI=1S/C17H14N2O4S/c20-16(21)8-15-11-6-13-14(23-9-22-13)7-12(11)19-17(24-15)18-10-4-2-1-3-5-10/h1-7,15H,8-9H2,(H,18,19)(H,20,21). The molecule has 0 fully saturated rings. The zero-order valence-electron chi connectivity index (χ0n) is 12.6. The van der Waals surface area contributed by atoms with E-state index < -0.39 is 5.97 Å². The highest BCUT2D eigenvalue weighted by molar-refractivity contribution is 8.14. The second-order valence-corrected chi connectivity index (χ2v) is 6.57. The monoisotopic (exact) mass is 342 g/mol. The molecule has 2 aromatic carbocycles. The van der Waals surface area contributed by atoms with E-state index in [1.54, 1.807) is 6.07 Å². The smallest absolute Gasteiger partial charge is 0.304 e. The Morgan fingerprint density at radius 3 is 2.75 bits per heavy atom. The molecule has 0 radical (unpaired) electrons. The zero-order chi connectivity index (χ0) is 16.5. The number of amidine groups is 1. The van der Waals surface area contributed by atoms with Crippen molar-refractivity contribution in [1.29, 1.82) is 0 Å². The van der Waals surface area contributed by atoms with Crippen LogP contribution in [0.25, 0.3) is 0 Å². The number of fused-ring (bicyclic) bond motifs is 2. The van der Waals surface area contributed by atoms with Crippen LogP contribution in [0, 0.1) is 0 Å². The lowest BCUT2D eigenvalue weighted by molar-refractivity contribution is -0.137. The van der Waals surface area contributed by atoms with Crippen LogP contribution in [-0.4, -0.2) is 23.0 Å². The third kappa shape index (κ3) is 2.90. The van der Waals surface area contributed by atoms with Gasteiger partial charge in [-0.15, -0.1) is 0 Å². The number of benzene rings is 2. The third-order valence-corrected chi connectivity index (χ3v) is 4.85. The van der Waals surface area contributed by atoms with Crippen LogP contribution in [-0.2, 0) is 4.79 Å². The average molecular weight is 342 g/mol. The maximum atomic E-state index is 11.2. The topological polar surface area (TPSA) is 80.2 Å². The van der Waals surface area contributed by atoms with E-state index in [1.165, 1.54) is 11.8 Å². The normalized spacial score (nSPS) is 17.8. The lowest BCUT2D eigenvalue weighted by atomic mass is 10.1. The van der Waals surface area contributed by atoms with Crippen LogP contribution < -0.4 is 14.8 Å². The lowest BCUT2D eigenvalue weighted by Gasteiger charge is -2.24. The van der Waals surface area contributed by atoms with Gasteiger partial charge in [0.05, 0.1) is 17.4 Å². The van der Waals surface area contributed by atoms with Gasteiger partial charge in [-0.05, 0) is 23.8 Å². The Morgan fingerprint density at radius 1 is 1.25 bits per heavy atom. The van der Waals surface area contributed by atoms with E-state index in [0.717, 1.165) is 11.3 Å². The number of carboxylic acid groups (broad SMARTS) is 1. The van der Waals surface area contributed by atoms with Crippen molar-refractivity contribution in [3.05, 3.63) is 48.0 Å². The van der Waals surface area contributed by atoms with Gasteiger partial charge in [0.15, 0.2) is 16.7 Å². The van der Waals surface area contributed by atoms with E-state index in [2.05, 4.69) is 10.3 Å². The number of carbonyl (C=O) groups is 1. The molecule has 0 spiro atoms. The number of nitrogens with zero attached hydrogens (tertiary/aromatic N) is 1. The summed E-state index contributed by atoms with van der Waals surface area (Å²) in [5.41, 5.74) is 2.47. The second-order valence-electron chi connectivity index (χ2n) is 5.38. The van der Waals surface area contributed by atoms with Gasteiger partial charge in [0.2, 0.25) is 6.79 Å². The number of aliphatic imine (C=N–C) groups is 1. The minimum absolute atomic E-state index is 0.00675. The van der Waals surface area contributed by atoms with Gasteiger partial charge >= 0.3 is 5.97 Å². The molecule has 1 unspecified atom stereocenters. The highest BCUT2D eigenvalue weighted by atomic mass is 32.2. The summed E-state index contributed by atoms with van der Waals surface area (Å²) in [5, 5.41) is 12.9. The Morgan fingerprint density at radius 2 is 2.00 bits per heavy atom. The van der Waals surface area contributed by atoms with Gasteiger partial charge < -0.3 is 19.9 Å². The predicted octanol–water partition coefficient (Wildman–Crippen LogP) is 3.78. The summed E-state index contributed by atoms with van der Waals surface area (Å²) < 4.78 is 10.8. The molecule has 0 amide bonds. The van der Waals surface area contributed by atoms with E-state index >= 15 is 0 Å². The van der Waals surface area contributed by atoms with Crippen molar-refractivity contribution in [3.8, 4) is 11.5 Å². The van der Waals surface area contributed by atoms with Gasteiger partial charge in [-0.25, -0.2) is 4.99 Å². The van der Waals surface area contributed by atoms with Gasteiger partial charge in [-0.3, -0.25) is 4.79 Å². The number of carboxylic acids is 1. The molecule has 2 aromatic rings. The number of hydrogen-bond acceptors (Lipinski definition) is 6. The highest BCUT2D eigenvalue weighted by Gasteiger charge is 2.29. The van der Waals surface area contributed by atoms with Crippen LogP contribution in [0.2, 0.25) is 0 Å². The largest absolute Gasteiger partial charge is 0.481 e. The summed E-state index contributed by atoms with van der Waals surface area (Å²) in [6.07, 6.45) is 0.00675. The quantitative estimate of drug-likeness (QED) is 0.884. The molecule has 7 heteroatoms. The van der Waals surface area contributed by atoms with Crippen LogP contribution in [0.5, 0.6) is 11.5 Å². The second kappa shape index (κ2) is 6.09. The third-order valence-electron chi connectivity index (χ3n) is 3.73. The van der Waals surface area contributed by atoms with Crippen molar-refractivity contribution >= 4 is 34.3 Å². The summed E-state index contributed by atoms with van der Waals surface area (Å²) in [6.45, 7) is 0.174. The minimum atomic E-state index is -0.850. The SMILES string of the molecule is O=C(O)CC1SC(Nc2ccccc2)=Nc2cc3c(cc21)OCO3. The minimum Gasteiger partial charge on any atom is -0.481 e. The van der Waals surface area contributed by atoms with Crippen LogP contribution in [0.4, 0.5) is 11.4 Å². The number of rotatable bonds is 3. The van der Waals surface area contributed by atoms with Crippen LogP contribution in [0.1, 0.15) is 17.2 Å². The number of aliphatic carboxylic acids is 1. The fourth-order valence-corrected chi connectivity index (χ4v) is 3.79. The van der Waals surface area contributed by atoms with Gasteiger partial charge in [-0.2, -0.15) is 0 Å². The number of anilines is 1. The van der Waals surface area contributed by atoms with E-state index in [4.69, 9.17) is 9.47 Å². The molecule has 2 aliphatic heterocycles. The van der Waals surface area contributed by atoms with E-state index in [0.29, 0.717) is 22.4 Å². The van der Waals surface area contributed by atoms with Crippen molar-refractivity contribution in [2.75, 3.05) is 12.1 Å². The Kier molecular flexibility index (Phi) is 3.78. The zero-order valence-corrected chi connectivity index (χ0v) is 13.4. The Labute approximate surface area is 142 Å². The van der Waals surface area contributed by atoms with Crippen molar-refractivity contribution in [2.45, 2.75) is 11.7 Å². The van der Waals surface area contributed by atoms with Gasteiger partial charge in [0.25, 0.3) is 0 Å². The predicted molar refractivity (Wildman–Crippen MR) is 92.3 cm³/mol. The lowest BCUT2D eigenvalue weighted by Crippen LogP contribution is -2.16. The molecule has 0 aliphatic carbocycles. The first-order chi connectivity index (χ1) is 11.7. The summed E-state index contributed by atoms with van der Waals surface area (Å²) in [5.74, 6) is 0.425. The van der Waals surface area contributed by atoms with Crippen molar-refractivity contribution < 1.29 is 19.4 Å². The molecule has 122 valence electrons. The molecule has 0 aromatic heterocycles. The summed E-state index contributed by atoms with van der Waals surface area (Å²) in [7, 11) is 0. The van der Waals surface area contributed by atoms with E-state index in [1.807, 2.05) is 36.4 Å². The molecule has 24 heavy (non-hydrogen) atoms. The summed E-state index contributed by atoms with van der Waals surface area (Å²) in [4.78, 5) is 15.9. The number of thioether (sulfide) groups is 1. The molecule has 4 rings (SSSR count). The molecule has 2 aliphatic rings. The van der Waals surface area contributed by atoms with Gasteiger partial charge in [0, 0.05) is 11.8 Å². The first-order valence-electron chi connectivity index (χ1n) is 7.42. The van der Waals surface area contributed by atoms with Crippen LogP contribution >= 0.6 is 11.8 Å². The van der Waals surface area contributed by atoms with Gasteiger partial charge in [-0.1, -0.05) is 30.0 Å². The molecule has 2 N–H and O–H groups in total. The average Bonchev–Trinajstić information content (AvgIpc) is 3.01. The molecular weight excluding hydrogens is 328 g/mol. The maximum absolute atomic E-state index is 11.2. The van der Waals surface area contributed by atoms with Crippen molar-refractivity contribution in [3.63, 3.8) is 0 Å². The summed E-state index contributed by atoms with van der Waals surface area (Å²) in [6, 6.07) is 13.3. The number of para-hydroxylation sites is 1. The number of ether oxygens (including phenoxy) is 2. The maximum Gasteiger partial charge on any atom is 0.304 e. The Hall–Kier alpha value is -2.67. The Bertz CT molecular complexity index is 823. The molecule has 1 atom stereocenters. The van der Waals surface area contributed by atoms with Crippen molar-refractivity contribution in [1.82, 2.24) is 0 Å². The molecule has 2 heterocycles. The fourth-order valence-electron chi connectivity index (χ4n) is 2.65. The van der Waals surface area contributed by atoms with Crippen LogP contribution in [0.15, 0.2) is 47.5 Å². The molecule has 0 saturated heterocycles. The number of nitrogens with one attached hydrogen (secondary N) is 1. The molecule has 6 nitrogen and oxygen atoms in total.